The summed E-state index contributed by atoms with van der Waals surface area (Å²) in [5.74, 6) is -0.634. The van der Waals surface area contributed by atoms with Crippen LogP contribution < -0.4 is 11.1 Å². The van der Waals surface area contributed by atoms with Crippen LogP contribution in [0.4, 0.5) is 11.5 Å². The summed E-state index contributed by atoms with van der Waals surface area (Å²) in [6.45, 7) is 3.69. The number of nitrogens with zero attached hydrogens (tertiary/aromatic N) is 4. The predicted octanol–water partition coefficient (Wildman–Crippen LogP) is 3.38. The van der Waals surface area contributed by atoms with Crippen LogP contribution in [0, 0.1) is 11.3 Å². The number of nitrogen functional groups attached to an aromatic ring is 1. The Morgan fingerprint density at radius 3 is 2.60 bits per heavy atom. The first-order valence-corrected chi connectivity index (χ1v) is 9.50. The first kappa shape index (κ1) is 21.0. The van der Waals surface area contributed by atoms with Crippen molar-refractivity contribution in [1.29, 1.82) is 5.26 Å². The average molecular weight is 423 g/mol. The van der Waals surface area contributed by atoms with Gasteiger partial charge >= 0.3 is 0 Å². The molecule has 2 heterocycles. The number of rotatable bonds is 6. The zero-order chi connectivity index (χ0) is 21.8. The average Bonchev–Trinajstić information content (AvgIpc) is 3.05. The zero-order valence-corrected chi connectivity index (χ0v) is 17.1. The lowest BCUT2D eigenvalue weighted by molar-refractivity contribution is -0.115. The number of aromatic nitrogens is 3. The standard InChI is InChI=1S/C21H19ClN6O2/c1-12(2)28-21(24)17(9-23)19(27-28)20(30)14-8-16(11-25-10-14)26-18(29)7-13-3-5-15(22)6-4-13/h3-6,8,10-12H,7,24H2,1-2H3,(H,26,29). The quantitative estimate of drug-likeness (QED) is 0.586. The van der Waals surface area contributed by atoms with Crippen LogP contribution >= 0.6 is 11.6 Å². The number of nitrogens with two attached hydrogens (primary N) is 1. The second kappa shape index (κ2) is 8.76. The van der Waals surface area contributed by atoms with E-state index in [9.17, 15) is 14.9 Å². The van der Waals surface area contributed by atoms with Gasteiger partial charge in [0.2, 0.25) is 11.7 Å². The molecule has 0 aliphatic carbocycles. The van der Waals surface area contributed by atoms with Crippen molar-refractivity contribution in [3.05, 3.63) is 70.1 Å². The van der Waals surface area contributed by atoms with Gasteiger partial charge in [-0.05, 0) is 37.6 Å². The highest BCUT2D eigenvalue weighted by molar-refractivity contribution is 6.30. The molecule has 2 aromatic heterocycles. The van der Waals surface area contributed by atoms with Crippen molar-refractivity contribution in [2.75, 3.05) is 11.1 Å². The van der Waals surface area contributed by atoms with Crippen molar-refractivity contribution < 1.29 is 9.59 Å². The molecule has 0 saturated heterocycles. The SMILES string of the molecule is CC(C)n1nc(C(=O)c2cncc(NC(=O)Cc3ccc(Cl)cc3)c2)c(C#N)c1N. The lowest BCUT2D eigenvalue weighted by Gasteiger charge is -2.07. The van der Waals surface area contributed by atoms with E-state index in [1.165, 1.54) is 23.1 Å². The summed E-state index contributed by atoms with van der Waals surface area (Å²) >= 11 is 5.85. The fourth-order valence-electron chi connectivity index (χ4n) is 2.87. The molecule has 0 spiro atoms. The Bertz CT molecular complexity index is 1150. The number of carbonyl (C=O) groups is 2. The number of hydrogen-bond donors (Lipinski definition) is 2. The third-order valence-corrected chi connectivity index (χ3v) is 4.58. The van der Waals surface area contributed by atoms with Crippen molar-refractivity contribution >= 4 is 34.8 Å². The molecule has 0 atom stereocenters. The van der Waals surface area contributed by atoms with E-state index >= 15 is 0 Å². The number of anilines is 2. The molecule has 1 amide bonds. The number of amides is 1. The molecule has 0 unspecified atom stereocenters. The van der Waals surface area contributed by atoms with E-state index in [0.717, 1.165) is 5.56 Å². The zero-order valence-electron chi connectivity index (χ0n) is 16.4. The lowest BCUT2D eigenvalue weighted by Crippen LogP contribution is -2.15. The van der Waals surface area contributed by atoms with Gasteiger partial charge in [0.05, 0.1) is 18.3 Å². The van der Waals surface area contributed by atoms with Gasteiger partial charge in [0.25, 0.3) is 0 Å². The number of carbonyl (C=O) groups excluding carboxylic acids is 2. The van der Waals surface area contributed by atoms with Crippen molar-refractivity contribution in [3.8, 4) is 6.07 Å². The Morgan fingerprint density at radius 2 is 1.97 bits per heavy atom. The van der Waals surface area contributed by atoms with Gasteiger partial charge in [0.15, 0.2) is 5.69 Å². The minimum atomic E-state index is -0.501. The summed E-state index contributed by atoms with van der Waals surface area (Å²) in [6.07, 6.45) is 2.93. The summed E-state index contributed by atoms with van der Waals surface area (Å²) in [5, 5.41) is 16.9. The fourth-order valence-corrected chi connectivity index (χ4v) is 3.00. The van der Waals surface area contributed by atoms with E-state index in [4.69, 9.17) is 17.3 Å². The number of benzene rings is 1. The molecule has 8 nitrogen and oxygen atoms in total. The van der Waals surface area contributed by atoms with Crippen molar-refractivity contribution in [1.82, 2.24) is 14.8 Å². The van der Waals surface area contributed by atoms with Crippen LogP contribution in [0.1, 0.15) is 47.1 Å². The monoisotopic (exact) mass is 422 g/mol. The minimum absolute atomic E-state index is 0.0193. The van der Waals surface area contributed by atoms with Crippen LogP contribution in [0.5, 0.6) is 0 Å². The number of nitriles is 1. The smallest absolute Gasteiger partial charge is 0.228 e. The van der Waals surface area contributed by atoms with Gasteiger partial charge in [-0.3, -0.25) is 14.6 Å². The fraction of sp³-hybridized carbons (Fsp3) is 0.190. The Kier molecular flexibility index (Phi) is 6.14. The summed E-state index contributed by atoms with van der Waals surface area (Å²) in [4.78, 5) is 29.3. The molecule has 0 saturated carbocycles. The van der Waals surface area contributed by atoms with Gasteiger partial charge in [-0.1, -0.05) is 23.7 Å². The summed E-state index contributed by atoms with van der Waals surface area (Å²) in [5.41, 5.74) is 7.27. The first-order chi connectivity index (χ1) is 14.3. The van der Waals surface area contributed by atoms with Gasteiger partial charge in [-0.25, -0.2) is 4.68 Å². The molecular weight excluding hydrogens is 404 g/mol. The predicted molar refractivity (Wildman–Crippen MR) is 113 cm³/mol. The van der Waals surface area contributed by atoms with E-state index in [1.807, 2.05) is 19.9 Å². The molecule has 0 radical (unpaired) electrons. The van der Waals surface area contributed by atoms with E-state index in [0.29, 0.717) is 10.7 Å². The lowest BCUT2D eigenvalue weighted by atomic mass is 10.1. The highest BCUT2D eigenvalue weighted by Gasteiger charge is 2.24. The number of hydrogen-bond acceptors (Lipinski definition) is 6. The maximum Gasteiger partial charge on any atom is 0.228 e. The molecule has 9 heteroatoms. The van der Waals surface area contributed by atoms with Gasteiger partial charge in [0, 0.05) is 22.8 Å². The van der Waals surface area contributed by atoms with Gasteiger partial charge < -0.3 is 11.1 Å². The van der Waals surface area contributed by atoms with E-state index in [2.05, 4.69) is 15.4 Å². The van der Waals surface area contributed by atoms with Gasteiger partial charge in [-0.15, -0.1) is 0 Å². The van der Waals surface area contributed by atoms with Crippen LogP contribution in [0.15, 0.2) is 42.7 Å². The van der Waals surface area contributed by atoms with E-state index in [-0.39, 0.29) is 41.0 Å². The van der Waals surface area contributed by atoms with Crippen LogP contribution in [0.3, 0.4) is 0 Å². The second-order valence-corrected chi connectivity index (χ2v) is 7.34. The maximum atomic E-state index is 12.9. The highest BCUT2D eigenvalue weighted by atomic mass is 35.5. The van der Waals surface area contributed by atoms with Crippen LogP contribution in [-0.2, 0) is 11.2 Å². The molecule has 3 rings (SSSR count). The highest BCUT2D eigenvalue weighted by Crippen LogP contribution is 2.23. The molecule has 152 valence electrons. The van der Waals surface area contributed by atoms with Crippen molar-refractivity contribution in [3.63, 3.8) is 0 Å². The molecule has 3 N–H and O–H groups in total. The van der Waals surface area contributed by atoms with E-state index < -0.39 is 5.78 Å². The molecule has 30 heavy (non-hydrogen) atoms. The number of ketones is 1. The number of pyridine rings is 1. The third kappa shape index (κ3) is 4.47. The molecule has 3 aromatic rings. The number of halogens is 1. The Morgan fingerprint density at radius 1 is 1.27 bits per heavy atom. The summed E-state index contributed by atoms with van der Waals surface area (Å²) in [7, 11) is 0. The second-order valence-electron chi connectivity index (χ2n) is 6.90. The topological polar surface area (TPSA) is 127 Å². The Hall–Kier alpha value is -3.70. The third-order valence-electron chi connectivity index (χ3n) is 4.33. The van der Waals surface area contributed by atoms with Gasteiger partial charge in [-0.2, -0.15) is 10.4 Å². The Labute approximate surface area is 178 Å². The normalized spacial score (nSPS) is 10.6. The molecular formula is C21H19ClN6O2. The van der Waals surface area contributed by atoms with E-state index in [1.54, 1.807) is 24.3 Å². The first-order valence-electron chi connectivity index (χ1n) is 9.12. The maximum absolute atomic E-state index is 12.9. The minimum Gasteiger partial charge on any atom is -0.383 e. The van der Waals surface area contributed by atoms with Crippen LogP contribution in [0.2, 0.25) is 5.02 Å². The largest absolute Gasteiger partial charge is 0.383 e. The molecule has 0 bridgehead atoms. The molecule has 0 fully saturated rings. The molecule has 0 aliphatic heterocycles. The van der Waals surface area contributed by atoms with Crippen LogP contribution in [-0.4, -0.2) is 26.5 Å². The van der Waals surface area contributed by atoms with Crippen molar-refractivity contribution in [2.45, 2.75) is 26.3 Å². The summed E-state index contributed by atoms with van der Waals surface area (Å²) in [6, 6.07) is 10.3. The molecule has 0 aliphatic rings. The Balaban J connectivity index is 1.81. The van der Waals surface area contributed by atoms with Crippen LogP contribution in [0.25, 0.3) is 0 Å². The van der Waals surface area contributed by atoms with Gasteiger partial charge in [0.1, 0.15) is 17.5 Å². The number of nitrogens with one attached hydrogen (secondary N) is 1. The van der Waals surface area contributed by atoms with Crippen molar-refractivity contribution in [2.24, 2.45) is 0 Å². The summed E-state index contributed by atoms with van der Waals surface area (Å²) < 4.78 is 1.43. The molecule has 1 aromatic carbocycles.